The molecule has 2 aromatic rings. The van der Waals surface area contributed by atoms with Gasteiger partial charge in [-0.25, -0.2) is 0 Å². The van der Waals surface area contributed by atoms with Crippen molar-refractivity contribution in [3.63, 3.8) is 0 Å². The Hall–Kier alpha value is -3.02. The average molecular weight is 367 g/mol. The van der Waals surface area contributed by atoms with Crippen molar-refractivity contribution in [2.75, 3.05) is 27.3 Å². The Morgan fingerprint density at radius 2 is 1.96 bits per heavy atom. The molecule has 140 valence electrons. The van der Waals surface area contributed by atoms with Gasteiger partial charge in [0.25, 0.3) is 5.91 Å². The van der Waals surface area contributed by atoms with Crippen molar-refractivity contribution in [1.29, 1.82) is 0 Å². The van der Waals surface area contributed by atoms with Crippen LogP contribution in [0.3, 0.4) is 0 Å². The van der Waals surface area contributed by atoms with E-state index in [-0.39, 0.29) is 18.1 Å². The molecule has 0 aromatic heterocycles. The second-order valence-corrected chi connectivity index (χ2v) is 6.92. The lowest BCUT2D eigenvalue weighted by atomic mass is 9.89. The number of benzene rings is 2. The van der Waals surface area contributed by atoms with E-state index in [0.717, 1.165) is 0 Å². The highest BCUT2D eigenvalue weighted by atomic mass is 16.5. The first-order valence-corrected chi connectivity index (χ1v) is 8.88. The van der Waals surface area contributed by atoms with Crippen molar-refractivity contribution in [2.24, 2.45) is 0 Å². The Kier molecular flexibility index (Phi) is 4.26. The third kappa shape index (κ3) is 3.01. The maximum atomic E-state index is 13.0. The number of amides is 1. The van der Waals surface area contributed by atoms with Gasteiger partial charge in [-0.2, -0.15) is 0 Å². The van der Waals surface area contributed by atoms with E-state index in [4.69, 9.17) is 14.2 Å². The van der Waals surface area contributed by atoms with E-state index in [1.807, 2.05) is 12.1 Å². The van der Waals surface area contributed by atoms with Crippen molar-refractivity contribution >= 4 is 11.7 Å². The zero-order valence-electron chi connectivity index (χ0n) is 15.4. The number of rotatable bonds is 3. The zero-order valence-corrected chi connectivity index (χ0v) is 15.4. The summed E-state index contributed by atoms with van der Waals surface area (Å²) in [6.45, 7) is 0.913. The largest absolute Gasteiger partial charge is 0.497 e. The molecule has 1 spiro atoms. The van der Waals surface area contributed by atoms with Gasteiger partial charge in [0.2, 0.25) is 0 Å². The van der Waals surface area contributed by atoms with Crippen LogP contribution in [-0.4, -0.2) is 49.5 Å². The predicted molar refractivity (Wildman–Crippen MR) is 98.8 cm³/mol. The van der Waals surface area contributed by atoms with Gasteiger partial charge in [-0.15, -0.1) is 0 Å². The van der Waals surface area contributed by atoms with Crippen LogP contribution in [0, 0.1) is 0 Å². The fraction of sp³-hybridized carbons (Fsp3) is 0.333. The van der Waals surface area contributed by atoms with E-state index in [2.05, 4.69) is 0 Å². The van der Waals surface area contributed by atoms with Gasteiger partial charge in [-0.3, -0.25) is 9.59 Å². The van der Waals surface area contributed by atoms with E-state index in [9.17, 15) is 9.59 Å². The Bertz CT molecular complexity index is 909. The highest BCUT2D eigenvalue weighted by Crippen LogP contribution is 2.40. The third-order valence-electron chi connectivity index (χ3n) is 5.24. The summed E-state index contributed by atoms with van der Waals surface area (Å²) in [7, 11) is 3.11. The van der Waals surface area contributed by atoms with Crippen LogP contribution in [0.4, 0.5) is 0 Å². The summed E-state index contributed by atoms with van der Waals surface area (Å²) in [4.78, 5) is 27.4. The van der Waals surface area contributed by atoms with Crippen LogP contribution in [0.5, 0.6) is 17.2 Å². The van der Waals surface area contributed by atoms with Crippen molar-refractivity contribution < 1.29 is 23.8 Å². The molecule has 1 fully saturated rings. The number of ketones is 1. The summed E-state index contributed by atoms with van der Waals surface area (Å²) < 4.78 is 16.7. The number of nitrogens with zero attached hydrogens (tertiary/aromatic N) is 1. The summed E-state index contributed by atoms with van der Waals surface area (Å²) in [6.07, 6.45) is 0.869. The number of hydrogen-bond donors (Lipinski definition) is 0. The third-order valence-corrected chi connectivity index (χ3v) is 5.24. The topological polar surface area (TPSA) is 65.1 Å². The van der Waals surface area contributed by atoms with Crippen molar-refractivity contribution in [1.82, 2.24) is 4.90 Å². The van der Waals surface area contributed by atoms with E-state index < -0.39 is 5.60 Å². The molecule has 2 heterocycles. The number of carbonyl (C=O) groups is 2. The number of para-hydroxylation sites is 1. The molecule has 4 rings (SSSR count). The summed E-state index contributed by atoms with van der Waals surface area (Å²) in [5.74, 6) is 1.63. The van der Waals surface area contributed by atoms with Crippen molar-refractivity contribution in [3.8, 4) is 17.2 Å². The Labute approximate surface area is 157 Å². The van der Waals surface area contributed by atoms with Crippen molar-refractivity contribution in [2.45, 2.75) is 18.4 Å². The minimum Gasteiger partial charge on any atom is -0.497 e. The van der Waals surface area contributed by atoms with Gasteiger partial charge in [0.15, 0.2) is 5.78 Å². The number of Topliss-reactive ketones (excluding diaryl/α,β-unsaturated/α-hetero) is 1. The molecule has 1 atom stereocenters. The summed E-state index contributed by atoms with van der Waals surface area (Å²) in [5, 5.41) is 0. The SMILES string of the molecule is COc1ccc2c(c1)C(=O)CC1(CCN(C(=O)c3ccccc3OC)C1)O2. The molecular weight excluding hydrogens is 346 g/mol. The lowest BCUT2D eigenvalue weighted by Crippen LogP contribution is -2.45. The second-order valence-electron chi connectivity index (χ2n) is 6.92. The van der Waals surface area contributed by atoms with E-state index in [1.165, 1.54) is 0 Å². The molecule has 0 N–H and O–H groups in total. The number of methoxy groups -OCH3 is 2. The lowest BCUT2D eigenvalue weighted by Gasteiger charge is -2.34. The number of ether oxygens (including phenoxy) is 3. The van der Waals surface area contributed by atoms with E-state index in [1.54, 1.807) is 49.5 Å². The van der Waals surface area contributed by atoms with Crippen LogP contribution in [0.2, 0.25) is 0 Å². The molecule has 0 radical (unpaired) electrons. The zero-order chi connectivity index (χ0) is 19.0. The molecule has 0 saturated carbocycles. The van der Waals surface area contributed by atoms with Crippen LogP contribution >= 0.6 is 0 Å². The van der Waals surface area contributed by atoms with Crippen LogP contribution < -0.4 is 14.2 Å². The molecule has 2 aliphatic rings. The number of likely N-dealkylation sites (tertiary alicyclic amines) is 1. The molecule has 27 heavy (non-hydrogen) atoms. The Morgan fingerprint density at radius 3 is 2.74 bits per heavy atom. The summed E-state index contributed by atoms with van der Waals surface area (Å²) in [6, 6.07) is 12.4. The standard InChI is InChI=1S/C21H21NO5/c1-25-14-7-8-19-16(11-14)17(23)12-21(27-19)9-10-22(13-21)20(24)15-5-3-4-6-18(15)26-2/h3-8,11H,9-10,12-13H2,1-2H3. The van der Waals surface area contributed by atoms with E-state index in [0.29, 0.717) is 47.9 Å². The van der Waals surface area contributed by atoms with E-state index >= 15 is 0 Å². The highest BCUT2D eigenvalue weighted by molar-refractivity contribution is 6.01. The van der Waals surface area contributed by atoms with Crippen LogP contribution in [-0.2, 0) is 0 Å². The normalized spacial score (nSPS) is 21.0. The fourth-order valence-electron chi connectivity index (χ4n) is 3.84. The molecule has 6 heteroatoms. The monoisotopic (exact) mass is 367 g/mol. The second kappa shape index (κ2) is 6.61. The fourth-order valence-corrected chi connectivity index (χ4v) is 3.84. The molecule has 0 bridgehead atoms. The number of hydrogen-bond acceptors (Lipinski definition) is 5. The van der Waals surface area contributed by atoms with Gasteiger partial charge < -0.3 is 19.1 Å². The molecule has 2 aliphatic heterocycles. The van der Waals surface area contributed by atoms with Gasteiger partial charge in [0.05, 0.1) is 38.3 Å². The summed E-state index contributed by atoms with van der Waals surface area (Å²) >= 11 is 0. The van der Waals surface area contributed by atoms with Gasteiger partial charge in [0, 0.05) is 13.0 Å². The first kappa shape index (κ1) is 17.4. The maximum Gasteiger partial charge on any atom is 0.257 e. The van der Waals surface area contributed by atoms with Crippen molar-refractivity contribution in [3.05, 3.63) is 53.6 Å². The maximum absolute atomic E-state index is 13.0. The highest BCUT2D eigenvalue weighted by Gasteiger charge is 2.47. The molecule has 1 unspecified atom stereocenters. The minimum atomic E-state index is -0.670. The van der Waals surface area contributed by atoms with Crippen LogP contribution in [0.1, 0.15) is 33.6 Å². The predicted octanol–water partition coefficient (Wildman–Crippen LogP) is 2.95. The summed E-state index contributed by atoms with van der Waals surface area (Å²) in [5.41, 5.74) is 0.384. The Morgan fingerprint density at radius 1 is 1.15 bits per heavy atom. The lowest BCUT2D eigenvalue weighted by molar-refractivity contribution is 0.0427. The molecule has 2 aromatic carbocycles. The van der Waals surface area contributed by atoms with Gasteiger partial charge in [-0.05, 0) is 30.3 Å². The van der Waals surface area contributed by atoms with Crippen LogP contribution in [0.25, 0.3) is 0 Å². The van der Waals surface area contributed by atoms with Gasteiger partial charge in [-0.1, -0.05) is 12.1 Å². The molecule has 6 nitrogen and oxygen atoms in total. The minimum absolute atomic E-state index is 0.0155. The molecule has 0 aliphatic carbocycles. The molecule has 1 saturated heterocycles. The Balaban J connectivity index is 1.57. The smallest absolute Gasteiger partial charge is 0.257 e. The van der Waals surface area contributed by atoms with Crippen LogP contribution in [0.15, 0.2) is 42.5 Å². The molecule has 1 amide bonds. The number of carbonyl (C=O) groups excluding carboxylic acids is 2. The molecular formula is C21H21NO5. The van der Waals surface area contributed by atoms with Gasteiger partial charge in [0.1, 0.15) is 22.8 Å². The quantitative estimate of drug-likeness (QED) is 0.835. The first-order chi connectivity index (χ1) is 13.0. The average Bonchev–Trinajstić information content (AvgIpc) is 3.10. The number of fused-ring (bicyclic) bond motifs is 1. The first-order valence-electron chi connectivity index (χ1n) is 8.88. The van der Waals surface area contributed by atoms with Gasteiger partial charge >= 0.3 is 0 Å².